The summed E-state index contributed by atoms with van der Waals surface area (Å²) < 4.78 is 5.22. The van der Waals surface area contributed by atoms with Crippen molar-refractivity contribution in [3.63, 3.8) is 0 Å². The molecule has 1 saturated heterocycles. The minimum atomic E-state index is -0.752. The highest BCUT2D eigenvalue weighted by molar-refractivity contribution is 9.09. The van der Waals surface area contributed by atoms with Crippen LogP contribution in [0.2, 0.25) is 0 Å². The molecule has 0 bridgehead atoms. The number of aliphatic hydroxyl groups is 1. The Morgan fingerprint density at radius 1 is 1.41 bits per heavy atom. The van der Waals surface area contributed by atoms with Gasteiger partial charge in [0.1, 0.15) is 0 Å². The van der Waals surface area contributed by atoms with Crippen molar-refractivity contribution in [1.82, 2.24) is 4.90 Å². The molecule has 0 aromatic rings. The molecule has 1 rings (SSSR count). The molecule has 17 heavy (non-hydrogen) atoms. The molecular formula is C12H22BrNO3. The van der Waals surface area contributed by atoms with E-state index in [4.69, 9.17) is 4.74 Å². The average Bonchev–Trinajstić information content (AvgIpc) is 2.29. The fourth-order valence-electron chi connectivity index (χ4n) is 2.00. The number of halogens is 1. The first-order valence-electron chi connectivity index (χ1n) is 6.17. The van der Waals surface area contributed by atoms with Crippen LogP contribution in [0.1, 0.15) is 32.1 Å². The van der Waals surface area contributed by atoms with E-state index in [-0.39, 0.29) is 5.91 Å². The van der Waals surface area contributed by atoms with E-state index in [9.17, 15) is 9.90 Å². The quantitative estimate of drug-likeness (QED) is 0.598. The fourth-order valence-corrected chi connectivity index (χ4v) is 2.40. The van der Waals surface area contributed by atoms with E-state index in [1.54, 1.807) is 11.9 Å². The predicted molar refractivity (Wildman–Crippen MR) is 70.3 cm³/mol. The predicted octanol–water partition coefficient (Wildman–Crippen LogP) is 1.55. The second kappa shape index (κ2) is 7.34. The Balaban J connectivity index is 2.31. The zero-order valence-electron chi connectivity index (χ0n) is 10.5. The molecule has 4 nitrogen and oxygen atoms in total. The van der Waals surface area contributed by atoms with Gasteiger partial charge < -0.3 is 14.7 Å². The first-order valence-corrected chi connectivity index (χ1v) is 7.30. The topological polar surface area (TPSA) is 49.8 Å². The van der Waals surface area contributed by atoms with Crippen LogP contribution in [0.4, 0.5) is 0 Å². The van der Waals surface area contributed by atoms with Crippen molar-refractivity contribution in [3.8, 4) is 0 Å². The van der Waals surface area contributed by atoms with Crippen LogP contribution in [-0.2, 0) is 9.53 Å². The molecule has 1 amide bonds. The average molecular weight is 308 g/mol. The van der Waals surface area contributed by atoms with Crippen LogP contribution in [0.15, 0.2) is 0 Å². The number of alkyl halides is 1. The van der Waals surface area contributed by atoms with Crippen molar-refractivity contribution < 1.29 is 14.6 Å². The van der Waals surface area contributed by atoms with E-state index in [0.29, 0.717) is 39.0 Å². The molecule has 0 aromatic heterocycles. The third-order valence-corrected chi connectivity index (χ3v) is 3.72. The van der Waals surface area contributed by atoms with Gasteiger partial charge in [0.2, 0.25) is 5.91 Å². The number of unbranched alkanes of at least 4 members (excludes halogenated alkanes) is 1. The third kappa shape index (κ3) is 5.36. The van der Waals surface area contributed by atoms with Crippen molar-refractivity contribution in [2.45, 2.75) is 37.7 Å². The van der Waals surface area contributed by atoms with Crippen molar-refractivity contribution >= 4 is 21.8 Å². The summed E-state index contributed by atoms with van der Waals surface area (Å²) in [5, 5.41) is 11.2. The molecule has 5 heteroatoms. The van der Waals surface area contributed by atoms with Crippen LogP contribution in [0.3, 0.4) is 0 Å². The summed E-state index contributed by atoms with van der Waals surface area (Å²) in [6.45, 7) is 1.59. The standard InChI is InChI=1S/C12H22BrNO3/c1-14(11(15)4-2-3-7-13)10-12(16)5-8-17-9-6-12/h16H,2-10H2,1H3. The molecule has 0 radical (unpaired) electrons. The van der Waals surface area contributed by atoms with E-state index in [0.717, 1.165) is 18.2 Å². The summed E-state index contributed by atoms with van der Waals surface area (Å²) in [6, 6.07) is 0. The van der Waals surface area contributed by atoms with Gasteiger partial charge in [-0.1, -0.05) is 15.9 Å². The van der Waals surface area contributed by atoms with Crippen LogP contribution in [0, 0.1) is 0 Å². The number of amides is 1. The number of ether oxygens (including phenoxy) is 1. The molecule has 1 N–H and O–H groups in total. The van der Waals surface area contributed by atoms with Gasteiger partial charge in [-0.15, -0.1) is 0 Å². The van der Waals surface area contributed by atoms with E-state index in [2.05, 4.69) is 15.9 Å². The largest absolute Gasteiger partial charge is 0.388 e. The fraction of sp³-hybridized carbons (Fsp3) is 0.917. The van der Waals surface area contributed by atoms with Gasteiger partial charge in [-0.05, 0) is 12.8 Å². The lowest BCUT2D eigenvalue weighted by molar-refractivity contribution is -0.136. The molecule has 1 heterocycles. The highest BCUT2D eigenvalue weighted by Gasteiger charge is 2.32. The van der Waals surface area contributed by atoms with Gasteiger partial charge in [0.05, 0.1) is 5.60 Å². The van der Waals surface area contributed by atoms with Gasteiger partial charge in [-0.2, -0.15) is 0 Å². The zero-order valence-corrected chi connectivity index (χ0v) is 12.0. The maximum atomic E-state index is 11.8. The van der Waals surface area contributed by atoms with Gasteiger partial charge in [0, 0.05) is 51.4 Å². The normalized spacial score (nSPS) is 19.0. The SMILES string of the molecule is CN(CC1(O)CCOCC1)C(=O)CCCCBr. The summed E-state index contributed by atoms with van der Waals surface area (Å²) in [7, 11) is 1.77. The number of rotatable bonds is 6. The lowest BCUT2D eigenvalue weighted by atomic mass is 9.94. The molecule has 0 saturated carbocycles. The number of nitrogens with zero attached hydrogens (tertiary/aromatic N) is 1. The van der Waals surface area contributed by atoms with Crippen molar-refractivity contribution in [1.29, 1.82) is 0 Å². The van der Waals surface area contributed by atoms with Crippen LogP contribution in [0.25, 0.3) is 0 Å². The highest BCUT2D eigenvalue weighted by atomic mass is 79.9. The molecule has 0 aliphatic carbocycles. The maximum Gasteiger partial charge on any atom is 0.222 e. The molecule has 1 fully saturated rings. The van der Waals surface area contributed by atoms with Crippen molar-refractivity contribution in [2.24, 2.45) is 0 Å². The first-order chi connectivity index (χ1) is 8.07. The summed E-state index contributed by atoms with van der Waals surface area (Å²) >= 11 is 3.35. The van der Waals surface area contributed by atoms with E-state index < -0.39 is 5.60 Å². The van der Waals surface area contributed by atoms with Crippen LogP contribution >= 0.6 is 15.9 Å². The molecule has 0 spiro atoms. The van der Waals surface area contributed by atoms with Gasteiger partial charge >= 0.3 is 0 Å². The first kappa shape index (κ1) is 14.9. The molecule has 100 valence electrons. The van der Waals surface area contributed by atoms with Gasteiger partial charge in [-0.3, -0.25) is 4.79 Å². The maximum absolute atomic E-state index is 11.8. The summed E-state index contributed by atoms with van der Waals surface area (Å²) in [5.74, 6) is 0.117. The summed E-state index contributed by atoms with van der Waals surface area (Å²) in [4.78, 5) is 13.5. The van der Waals surface area contributed by atoms with Crippen LogP contribution in [0.5, 0.6) is 0 Å². The zero-order chi connectivity index (χ0) is 12.7. The summed E-state index contributed by atoms with van der Waals surface area (Å²) in [5.41, 5.74) is -0.752. The molecular weight excluding hydrogens is 286 g/mol. The number of hydrogen-bond acceptors (Lipinski definition) is 3. The lowest BCUT2D eigenvalue weighted by Gasteiger charge is -2.35. The number of hydrogen-bond donors (Lipinski definition) is 1. The molecule has 1 aliphatic heterocycles. The lowest BCUT2D eigenvalue weighted by Crippen LogP contribution is -2.47. The Hall–Kier alpha value is -0.130. The van der Waals surface area contributed by atoms with Crippen LogP contribution < -0.4 is 0 Å². The van der Waals surface area contributed by atoms with Gasteiger partial charge in [0.15, 0.2) is 0 Å². The van der Waals surface area contributed by atoms with Crippen molar-refractivity contribution in [2.75, 3.05) is 32.1 Å². The van der Waals surface area contributed by atoms with E-state index in [1.807, 2.05) is 0 Å². The number of carbonyl (C=O) groups is 1. The molecule has 0 atom stereocenters. The number of carbonyl (C=O) groups excluding carboxylic acids is 1. The summed E-state index contributed by atoms with van der Waals surface area (Å²) in [6.07, 6.45) is 3.71. The minimum absolute atomic E-state index is 0.117. The highest BCUT2D eigenvalue weighted by Crippen LogP contribution is 2.21. The second-order valence-electron chi connectivity index (χ2n) is 4.73. The Morgan fingerprint density at radius 3 is 2.65 bits per heavy atom. The Morgan fingerprint density at radius 2 is 2.06 bits per heavy atom. The molecule has 1 aliphatic rings. The third-order valence-electron chi connectivity index (χ3n) is 3.16. The van der Waals surface area contributed by atoms with Gasteiger partial charge in [0.25, 0.3) is 0 Å². The Kier molecular flexibility index (Phi) is 6.44. The van der Waals surface area contributed by atoms with Crippen molar-refractivity contribution in [3.05, 3.63) is 0 Å². The molecule has 0 aromatic carbocycles. The molecule has 0 unspecified atom stereocenters. The Bertz CT molecular complexity index is 242. The van der Waals surface area contributed by atoms with Gasteiger partial charge in [-0.25, -0.2) is 0 Å². The smallest absolute Gasteiger partial charge is 0.222 e. The Labute approximate surface area is 111 Å². The number of likely N-dealkylation sites (N-methyl/N-ethyl adjacent to an activating group) is 1. The second-order valence-corrected chi connectivity index (χ2v) is 5.53. The monoisotopic (exact) mass is 307 g/mol. The van der Waals surface area contributed by atoms with E-state index >= 15 is 0 Å². The minimum Gasteiger partial charge on any atom is -0.388 e. The van der Waals surface area contributed by atoms with Crippen LogP contribution in [-0.4, -0.2) is 53.7 Å². The van der Waals surface area contributed by atoms with E-state index in [1.165, 1.54) is 0 Å².